The minimum Gasteiger partial charge on any atom is -0.435 e. The summed E-state index contributed by atoms with van der Waals surface area (Å²) in [6.45, 7) is -1.84. The van der Waals surface area contributed by atoms with Gasteiger partial charge in [0.15, 0.2) is 5.82 Å². The van der Waals surface area contributed by atoms with Crippen LogP contribution in [0.25, 0.3) is 5.82 Å². The zero-order valence-corrected chi connectivity index (χ0v) is 15.1. The molecule has 8 nitrogen and oxygen atoms in total. The van der Waals surface area contributed by atoms with E-state index in [0.717, 1.165) is 10.9 Å². The van der Waals surface area contributed by atoms with Crippen molar-refractivity contribution in [3.05, 3.63) is 59.8 Å². The molecule has 1 N–H and O–H groups in total. The number of halogens is 5. The van der Waals surface area contributed by atoms with Crippen molar-refractivity contribution in [1.29, 1.82) is 0 Å². The summed E-state index contributed by atoms with van der Waals surface area (Å²) in [6.07, 6.45) is 0.650. The largest absolute Gasteiger partial charge is 0.435 e. The summed E-state index contributed by atoms with van der Waals surface area (Å²) in [7, 11) is 0. The lowest BCUT2D eigenvalue weighted by Gasteiger charge is -2.17. The van der Waals surface area contributed by atoms with Crippen molar-refractivity contribution < 1.29 is 31.5 Å². The number of nitrogens with zero attached hydrogens (tertiary/aromatic N) is 5. The van der Waals surface area contributed by atoms with Crippen molar-refractivity contribution in [2.45, 2.75) is 25.8 Å². The summed E-state index contributed by atoms with van der Waals surface area (Å²) in [5, 5.41) is 10.3. The second-order valence-electron chi connectivity index (χ2n) is 5.90. The Kier molecular flexibility index (Phi) is 5.89. The van der Waals surface area contributed by atoms with Gasteiger partial charge >= 0.3 is 12.8 Å². The number of benzene rings is 1. The van der Waals surface area contributed by atoms with E-state index in [0.29, 0.717) is 12.1 Å². The lowest BCUT2D eigenvalue weighted by molar-refractivity contribution is -0.138. The number of alkyl halides is 5. The Hall–Kier alpha value is -3.64. The van der Waals surface area contributed by atoms with E-state index >= 15 is 0 Å². The van der Waals surface area contributed by atoms with Crippen molar-refractivity contribution in [3.8, 4) is 11.6 Å². The first-order valence-electron chi connectivity index (χ1n) is 8.30. The molecule has 1 atom stereocenters. The zero-order chi connectivity index (χ0) is 21.9. The third-order valence-electron chi connectivity index (χ3n) is 3.79. The summed E-state index contributed by atoms with van der Waals surface area (Å²) in [5.74, 6) is -1.56. The third-order valence-corrected chi connectivity index (χ3v) is 3.79. The lowest BCUT2D eigenvalue weighted by atomic mass is 10.1. The van der Waals surface area contributed by atoms with Gasteiger partial charge in [0.1, 0.15) is 11.4 Å². The van der Waals surface area contributed by atoms with Crippen molar-refractivity contribution in [2.24, 2.45) is 0 Å². The van der Waals surface area contributed by atoms with Gasteiger partial charge < -0.3 is 10.1 Å². The Bertz CT molecular complexity index is 1030. The molecule has 0 saturated carbocycles. The number of amides is 1. The van der Waals surface area contributed by atoms with Crippen LogP contribution in [0.5, 0.6) is 5.75 Å². The van der Waals surface area contributed by atoms with E-state index in [2.05, 4.69) is 30.2 Å². The van der Waals surface area contributed by atoms with Gasteiger partial charge in [0.05, 0.1) is 24.0 Å². The molecule has 0 bridgehead atoms. The SMILES string of the molecule is CC(NC(=O)c1cc(OC(F)F)cc(C(F)(F)F)c1)c1nccnc1-n1nccn1. The van der Waals surface area contributed by atoms with E-state index in [1.807, 2.05) is 0 Å². The maximum absolute atomic E-state index is 13.1. The molecule has 0 saturated heterocycles. The maximum Gasteiger partial charge on any atom is 0.416 e. The first-order chi connectivity index (χ1) is 14.1. The molecule has 0 aliphatic carbocycles. The number of rotatable bonds is 6. The van der Waals surface area contributed by atoms with E-state index in [4.69, 9.17) is 0 Å². The number of hydrogen-bond donors (Lipinski definition) is 1. The van der Waals surface area contributed by atoms with Crippen LogP contribution >= 0.6 is 0 Å². The smallest absolute Gasteiger partial charge is 0.416 e. The molecule has 3 rings (SSSR count). The standard InChI is InChI=1S/C17H13F5N6O2/c1-9(13-14(24-3-2-23-13)28-25-4-5-26-28)27-15(29)10-6-11(17(20,21)22)8-12(7-10)30-16(18)19/h2-9,16H,1H3,(H,27,29). The van der Waals surface area contributed by atoms with Gasteiger partial charge in [0.2, 0.25) is 0 Å². The van der Waals surface area contributed by atoms with Gasteiger partial charge in [0.25, 0.3) is 5.91 Å². The molecule has 2 aromatic heterocycles. The molecule has 0 radical (unpaired) electrons. The normalized spacial score (nSPS) is 12.6. The average molecular weight is 428 g/mol. The Morgan fingerprint density at radius 1 is 1.07 bits per heavy atom. The average Bonchev–Trinajstić information content (AvgIpc) is 3.21. The van der Waals surface area contributed by atoms with Crippen LogP contribution in [-0.2, 0) is 6.18 Å². The van der Waals surface area contributed by atoms with E-state index in [1.54, 1.807) is 0 Å². The number of nitrogens with one attached hydrogen (secondary N) is 1. The molecular formula is C17H13F5N6O2. The molecule has 13 heteroatoms. The molecule has 0 spiro atoms. The fourth-order valence-electron chi connectivity index (χ4n) is 2.54. The van der Waals surface area contributed by atoms with Crippen molar-refractivity contribution in [1.82, 2.24) is 30.3 Å². The number of aromatic nitrogens is 5. The van der Waals surface area contributed by atoms with Crippen LogP contribution in [-0.4, -0.2) is 37.5 Å². The van der Waals surface area contributed by atoms with Crippen LogP contribution in [0, 0.1) is 0 Å². The Balaban J connectivity index is 1.89. The van der Waals surface area contributed by atoms with Crippen LogP contribution in [0.1, 0.15) is 34.6 Å². The Morgan fingerprint density at radius 3 is 2.37 bits per heavy atom. The minimum absolute atomic E-state index is 0.195. The molecule has 1 aromatic carbocycles. The number of carbonyl (C=O) groups excluding carboxylic acids is 1. The van der Waals surface area contributed by atoms with E-state index < -0.39 is 41.6 Å². The second kappa shape index (κ2) is 8.39. The minimum atomic E-state index is -4.87. The molecule has 0 aliphatic rings. The molecule has 0 fully saturated rings. The third kappa shape index (κ3) is 4.85. The van der Waals surface area contributed by atoms with Crippen LogP contribution in [0.15, 0.2) is 43.0 Å². The van der Waals surface area contributed by atoms with Gasteiger partial charge in [-0.2, -0.15) is 32.1 Å². The van der Waals surface area contributed by atoms with E-state index in [-0.39, 0.29) is 11.5 Å². The molecule has 158 valence electrons. The predicted molar refractivity (Wildman–Crippen MR) is 90.9 cm³/mol. The molecular weight excluding hydrogens is 415 g/mol. The van der Waals surface area contributed by atoms with Crippen molar-refractivity contribution >= 4 is 5.91 Å². The van der Waals surface area contributed by atoms with Crippen LogP contribution in [0.2, 0.25) is 0 Å². The summed E-state index contributed by atoms with van der Waals surface area (Å²) in [6, 6.07) is 0.876. The molecule has 1 unspecified atom stereocenters. The number of hydrogen-bond acceptors (Lipinski definition) is 6. The molecule has 30 heavy (non-hydrogen) atoms. The quantitative estimate of drug-likeness (QED) is 0.606. The van der Waals surface area contributed by atoms with E-state index in [1.165, 1.54) is 31.7 Å². The van der Waals surface area contributed by atoms with Gasteiger partial charge in [-0.3, -0.25) is 9.78 Å². The highest BCUT2D eigenvalue weighted by Gasteiger charge is 2.32. The van der Waals surface area contributed by atoms with E-state index in [9.17, 15) is 26.7 Å². The highest BCUT2D eigenvalue weighted by atomic mass is 19.4. The van der Waals surface area contributed by atoms with Crippen molar-refractivity contribution in [2.75, 3.05) is 0 Å². The maximum atomic E-state index is 13.1. The Labute approximate surface area is 165 Å². The highest BCUT2D eigenvalue weighted by molar-refractivity contribution is 5.95. The topological polar surface area (TPSA) is 94.8 Å². The summed E-state index contributed by atoms with van der Waals surface area (Å²) >= 11 is 0. The zero-order valence-electron chi connectivity index (χ0n) is 15.1. The summed E-state index contributed by atoms with van der Waals surface area (Å²) in [5.41, 5.74) is -1.59. The van der Waals surface area contributed by atoms with Gasteiger partial charge in [-0.15, -0.1) is 4.80 Å². The molecule has 0 aliphatic heterocycles. The van der Waals surface area contributed by atoms with Crippen molar-refractivity contribution in [3.63, 3.8) is 0 Å². The first-order valence-corrected chi connectivity index (χ1v) is 8.30. The predicted octanol–water partition coefficient (Wildman–Crippen LogP) is 3.17. The first kappa shape index (κ1) is 21.1. The number of ether oxygens (including phenoxy) is 1. The Morgan fingerprint density at radius 2 is 1.73 bits per heavy atom. The second-order valence-corrected chi connectivity index (χ2v) is 5.90. The molecule has 3 aromatic rings. The fourth-order valence-corrected chi connectivity index (χ4v) is 2.54. The van der Waals surface area contributed by atoms with Gasteiger partial charge in [0, 0.05) is 18.0 Å². The van der Waals surface area contributed by atoms with Crippen LogP contribution < -0.4 is 10.1 Å². The fraction of sp³-hybridized carbons (Fsp3) is 0.235. The molecule has 2 heterocycles. The van der Waals surface area contributed by atoms with Crippen LogP contribution in [0.3, 0.4) is 0 Å². The lowest BCUT2D eigenvalue weighted by Crippen LogP contribution is -2.29. The number of carbonyl (C=O) groups is 1. The van der Waals surface area contributed by atoms with Gasteiger partial charge in [-0.1, -0.05) is 0 Å². The monoisotopic (exact) mass is 428 g/mol. The molecule has 1 amide bonds. The summed E-state index contributed by atoms with van der Waals surface area (Å²) in [4.78, 5) is 21.9. The van der Waals surface area contributed by atoms with Gasteiger partial charge in [-0.25, -0.2) is 4.98 Å². The van der Waals surface area contributed by atoms with Crippen LogP contribution in [0.4, 0.5) is 22.0 Å². The summed E-state index contributed by atoms with van der Waals surface area (Å²) < 4.78 is 68.2. The van der Waals surface area contributed by atoms with Gasteiger partial charge in [-0.05, 0) is 25.1 Å². The highest BCUT2D eigenvalue weighted by Crippen LogP contribution is 2.33.